The number of benzene rings is 1. The highest BCUT2D eigenvalue weighted by atomic mass is 35.5. The highest BCUT2D eigenvalue weighted by Gasteiger charge is 2.09. The second kappa shape index (κ2) is 3.71. The van der Waals surface area contributed by atoms with E-state index >= 15 is 0 Å². The lowest BCUT2D eigenvalue weighted by molar-refractivity contribution is 0.112. The Morgan fingerprint density at radius 2 is 2.29 bits per heavy atom. The summed E-state index contributed by atoms with van der Waals surface area (Å²) in [6.45, 7) is 2.04. The Morgan fingerprint density at radius 3 is 2.93 bits per heavy atom. The van der Waals surface area contributed by atoms with E-state index in [2.05, 4.69) is 0 Å². The van der Waals surface area contributed by atoms with E-state index < -0.39 is 0 Å². The maximum absolute atomic E-state index is 10.8. The molecule has 14 heavy (non-hydrogen) atoms. The van der Waals surface area contributed by atoms with Crippen molar-refractivity contribution < 1.29 is 4.79 Å². The Kier molecular flexibility index (Phi) is 2.57. The lowest BCUT2D eigenvalue weighted by Gasteiger charge is -2.03. The molecule has 0 atom stereocenters. The normalized spacial score (nSPS) is 10.7. The predicted octanol–water partition coefficient (Wildman–Crippen LogP) is 3.93. The number of rotatable bonds is 2. The number of aryl methyl sites for hydroxylation is 1. The number of carbonyl (C=O) groups excluding carboxylic acids is 1. The van der Waals surface area contributed by atoms with E-state index in [1.807, 2.05) is 24.4 Å². The summed E-state index contributed by atoms with van der Waals surface area (Å²) in [7, 11) is 0. The van der Waals surface area contributed by atoms with Gasteiger partial charge in [0.05, 0.1) is 5.02 Å². The van der Waals surface area contributed by atoms with Gasteiger partial charge >= 0.3 is 0 Å². The standard InChI is InChI=1S/C11H9ClOS/c1-2-8-7(5-13)3-4-10-11(8)9(12)6-14-10/h3-6H,2H2,1H3. The van der Waals surface area contributed by atoms with Crippen LogP contribution in [0.3, 0.4) is 0 Å². The molecule has 2 rings (SSSR count). The van der Waals surface area contributed by atoms with Crippen molar-refractivity contribution in [3.8, 4) is 0 Å². The van der Waals surface area contributed by atoms with E-state index in [9.17, 15) is 4.79 Å². The van der Waals surface area contributed by atoms with Crippen LogP contribution in [-0.4, -0.2) is 6.29 Å². The van der Waals surface area contributed by atoms with Gasteiger partial charge in [-0.15, -0.1) is 11.3 Å². The Balaban J connectivity index is 2.87. The van der Waals surface area contributed by atoms with Crippen molar-refractivity contribution in [2.24, 2.45) is 0 Å². The Labute approximate surface area is 91.3 Å². The van der Waals surface area contributed by atoms with E-state index in [1.165, 1.54) is 0 Å². The third-order valence-corrected chi connectivity index (χ3v) is 3.69. The largest absolute Gasteiger partial charge is 0.298 e. The van der Waals surface area contributed by atoms with Gasteiger partial charge in [0.25, 0.3) is 0 Å². The SMILES string of the molecule is CCc1c(C=O)ccc2scc(Cl)c12. The molecule has 0 fully saturated rings. The molecule has 1 aromatic heterocycles. The monoisotopic (exact) mass is 224 g/mol. The molecule has 0 bridgehead atoms. The van der Waals surface area contributed by atoms with Gasteiger partial charge in [0.1, 0.15) is 6.29 Å². The third-order valence-electron chi connectivity index (χ3n) is 2.32. The molecule has 0 aliphatic carbocycles. The molecule has 0 aliphatic rings. The van der Waals surface area contributed by atoms with Crippen LogP contribution < -0.4 is 0 Å². The van der Waals surface area contributed by atoms with Crippen molar-refractivity contribution in [1.82, 2.24) is 0 Å². The zero-order chi connectivity index (χ0) is 10.1. The summed E-state index contributed by atoms with van der Waals surface area (Å²) < 4.78 is 1.15. The summed E-state index contributed by atoms with van der Waals surface area (Å²) in [6.07, 6.45) is 1.73. The van der Waals surface area contributed by atoms with Gasteiger partial charge in [-0.1, -0.05) is 18.5 Å². The van der Waals surface area contributed by atoms with Crippen molar-refractivity contribution in [1.29, 1.82) is 0 Å². The molecule has 0 amide bonds. The van der Waals surface area contributed by atoms with Gasteiger partial charge in [-0.25, -0.2) is 0 Å². The van der Waals surface area contributed by atoms with E-state index in [-0.39, 0.29) is 0 Å². The van der Waals surface area contributed by atoms with Crippen molar-refractivity contribution in [2.75, 3.05) is 0 Å². The number of halogens is 1. The van der Waals surface area contributed by atoms with Crippen molar-refractivity contribution in [3.63, 3.8) is 0 Å². The van der Waals surface area contributed by atoms with Crippen molar-refractivity contribution in [3.05, 3.63) is 33.7 Å². The average Bonchev–Trinajstić information content (AvgIpc) is 2.59. The Bertz CT molecular complexity index is 487. The predicted molar refractivity (Wildman–Crippen MR) is 61.6 cm³/mol. The smallest absolute Gasteiger partial charge is 0.150 e. The molecular formula is C11H9ClOS. The molecule has 0 radical (unpaired) electrons. The topological polar surface area (TPSA) is 17.1 Å². The fourth-order valence-electron chi connectivity index (χ4n) is 1.67. The summed E-state index contributed by atoms with van der Waals surface area (Å²) in [6, 6.07) is 3.82. The van der Waals surface area contributed by atoms with Crippen LogP contribution in [0.25, 0.3) is 10.1 Å². The number of aldehydes is 1. The number of hydrogen-bond donors (Lipinski definition) is 0. The maximum atomic E-state index is 10.8. The molecule has 1 aromatic carbocycles. The highest BCUT2D eigenvalue weighted by molar-refractivity contribution is 7.17. The van der Waals surface area contributed by atoms with Crippen molar-refractivity contribution in [2.45, 2.75) is 13.3 Å². The molecular weight excluding hydrogens is 216 g/mol. The van der Waals surface area contributed by atoms with Gasteiger partial charge in [0, 0.05) is 21.0 Å². The first-order chi connectivity index (χ1) is 6.77. The molecule has 0 spiro atoms. The van der Waals surface area contributed by atoms with Gasteiger partial charge < -0.3 is 0 Å². The summed E-state index contributed by atoms with van der Waals surface area (Å²) in [4.78, 5) is 10.8. The van der Waals surface area contributed by atoms with Crippen LogP contribution in [0.2, 0.25) is 5.02 Å². The third kappa shape index (κ3) is 1.35. The quantitative estimate of drug-likeness (QED) is 0.707. The molecule has 1 heterocycles. The first-order valence-corrected chi connectivity index (χ1v) is 5.67. The lowest BCUT2D eigenvalue weighted by Crippen LogP contribution is -1.90. The fraction of sp³-hybridized carbons (Fsp3) is 0.182. The molecule has 72 valence electrons. The van der Waals surface area contributed by atoms with Gasteiger partial charge in [-0.3, -0.25) is 4.79 Å². The summed E-state index contributed by atoms with van der Waals surface area (Å²) >= 11 is 7.69. The molecule has 0 saturated heterocycles. The van der Waals surface area contributed by atoms with Crippen LogP contribution in [0.5, 0.6) is 0 Å². The molecule has 0 unspecified atom stereocenters. The summed E-state index contributed by atoms with van der Waals surface area (Å²) in [5, 5.41) is 3.72. The second-order valence-corrected chi connectivity index (χ2v) is 4.38. The first kappa shape index (κ1) is 9.69. The fourth-order valence-corrected chi connectivity index (χ4v) is 2.92. The van der Waals surface area contributed by atoms with Gasteiger partial charge in [-0.05, 0) is 24.1 Å². The molecule has 0 aliphatic heterocycles. The van der Waals surface area contributed by atoms with E-state index in [0.717, 1.165) is 38.9 Å². The van der Waals surface area contributed by atoms with E-state index in [1.54, 1.807) is 11.3 Å². The highest BCUT2D eigenvalue weighted by Crippen LogP contribution is 2.34. The van der Waals surface area contributed by atoms with Gasteiger partial charge in [0.15, 0.2) is 0 Å². The van der Waals surface area contributed by atoms with Crippen LogP contribution in [0.15, 0.2) is 17.5 Å². The minimum atomic E-state index is 0.750. The first-order valence-electron chi connectivity index (χ1n) is 4.41. The van der Waals surface area contributed by atoms with Crippen LogP contribution in [0.4, 0.5) is 0 Å². The average molecular weight is 225 g/mol. The summed E-state index contributed by atoms with van der Waals surface area (Å²) in [5.41, 5.74) is 1.81. The number of thiophene rings is 1. The Hall–Kier alpha value is -0.860. The van der Waals surface area contributed by atoms with Crippen LogP contribution in [-0.2, 0) is 6.42 Å². The number of fused-ring (bicyclic) bond motifs is 1. The van der Waals surface area contributed by atoms with Crippen molar-refractivity contribution >= 4 is 39.3 Å². The van der Waals surface area contributed by atoms with E-state index in [4.69, 9.17) is 11.6 Å². The Morgan fingerprint density at radius 1 is 1.50 bits per heavy atom. The van der Waals surface area contributed by atoms with Gasteiger partial charge in [0.2, 0.25) is 0 Å². The summed E-state index contributed by atoms with van der Waals surface area (Å²) in [5.74, 6) is 0. The van der Waals surface area contributed by atoms with Gasteiger partial charge in [-0.2, -0.15) is 0 Å². The lowest BCUT2D eigenvalue weighted by atomic mass is 10.0. The molecule has 3 heteroatoms. The van der Waals surface area contributed by atoms with E-state index in [0.29, 0.717) is 0 Å². The second-order valence-electron chi connectivity index (χ2n) is 3.06. The number of carbonyl (C=O) groups is 1. The minimum absolute atomic E-state index is 0.750. The minimum Gasteiger partial charge on any atom is -0.298 e. The van der Waals surface area contributed by atoms with Crippen LogP contribution in [0.1, 0.15) is 22.8 Å². The van der Waals surface area contributed by atoms with Crippen LogP contribution >= 0.6 is 22.9 Å². The van der Waals surface area contributed by atoms with Crippen LogP contribution in [0, 0.1) is 0 Å². The zero-order valence-corrected chi connectivity index (χ0v) is 9.28. The number of hydrogen-bond acceptors (Lipinski definition) is 2. The molecule has 0 saturated carbocycles. The zero-order valence-electron chi connectivity index (χ0n) is 7.71. The molecule has 0 N–H and O–H groups in total. The maximum Gasteiger partial charge on any atom is 0.150 e. The molecule has 2 aromatic rings. The molecule has 1 nitrogen and oxygen atoms in total.